The van der Waals surface area contributed by atoms with E-state index in [2.05, 4.69) is 27.7 Å². The number of hydrogen-bond donors (Lipinski definition) is 2. The van der Waals surface area contributed by atoms with E-state index in [-0.39, 0.29) is 11.7 Å². The second-order valence-electron chi connectivity index (χ2n) is 6.60. The smallest absolute Gasteiger partial charge is 0.226 e. The molecule has 2 aromatic carbocycles. The number of benzene rings is 2. The molecule has 2 N–H and O–H groups in total. The Morgan fingerprint density at radius 2 is 1.73 bits per heavy atom. The molecule has 1 aliphatic heterocycles. The zero-order valence-corrected chi connectivity index (χ0v) is 15.1. The molecule has 26 heavy (non-hydrogen) atoms. The number of hydrogen-bond acceptors (Lipinski definition) is 4. The van der Waals surface area contributed by atoms with Gasteiger partial charge in [0.25, 0.3) is 0 Å². The van der Waals surface area contributed by atoms with Crippen LogP contribution in [0.1, 0.15) is 36.5 Å². The summed E-state index contributed by atoms with van der Waals surface area (Å²) in [6, 6.07) is 15.3. The molecule has 0 aromatic heterocycles. The Kier molecular flexibility index (Phi) is 5.89. The Labute approximate surface area is 154 Å². The van der Waals surface area contributed by atoms with Crippen molar-refractivity contribution in [3.05, 3.63) is 54.1 Å². The molecule has 5 nitrogen and oxygen atoms in total. The van der Waals surface area contributed by atoms with E-state index in [1.165, 1.54) is 18.5 Å². The highest BCUT2D eigenvalue weighted by atomic mass is 16.1. The van der Waals surface area contributed by atoms with Crippen molar-refractivity contribution in [2.75, 3.05) is 35.2 Å². The van der Waals surface area contributed by atoms with Crippen LogP contribution in [0.4, 0.5) is 17.1 Å². The first-order valence-corrected chi connectivity index (χ1v) is 9.11. The molecule has 0 bridgehead atoms. The van der Waals surface area contributed by atoms with Gasteiger partial charge in [-0.1, -0.05) is 12.1 Å². The fourth-order valence-corrected chi connectivity index (χ4v) is 3.12. The van der Waals surface area contributed by atoms with E-state index in [0.29, 0.717) is 18.5 Å². The maximum absolute atomic E-state index is 12.1. The van der Waals surface area contributed by atoms with Crippen LogP contribution in [-0.4, -0.2) is 31.3 Å². The summed E-state index contributed by atoms with van der Waals surface area (Å²) in [5.74, 6) is -0.00193. The Morgan fingerprint density at radius 1 is 1.00 bits per heavy atom. The quantitative estimate of drug-likeness (QED) is 0.742. The number of amides is 1. The van der Waals surface area contributed by atoms with Crippen molar-refractivity contribution >= 4 is 28.8 Å². The standard InChI is InChI=1S/C21H25N3O2/c1-16(25)17-5-4-6-19(15-17)22-12-11-21(26)23-18-7-9-20(10-8-18)24-13-2-3-14-24/h4-10,15,22H,2-3,11-14H2,1H3,(H,23,26). The summed E-state index contributed by atoms with van der Waals surface area (Å²) in [7, 11) is 0. The van der Waals surface area contributed by atoms with Crippen LogP contribution in [-0.2, 0) is 4.79 Å². The van der Waals surface area contributed by atoms with E-state index in [9.17, 15) is 9.59 Å². The molecule has 136 valence electrons. The molecule has 1 fully saturated rings. The van der Waals surface area contributed by atoms with E-state index in [4.69, 9.17) is 0 Å². The van der Waals surface area contributed by atoms with Crippen LogP contribution in [0.15, 0.2) is 48.5 Å². The lowest BCUT2D eigenvalue weighted by Gasteiger charge is -2.17. The fraction of sp³-hybridized carbons (Fsp3) is 0.333. The number of ketones is 1. The molecule has 0 unspecified atom stereocenters. The number of Topliss-reactive ketones (excluding diaryl/α,β-unsaturated/α-hetero) is 1. The number of anilines is 3. The predicted octanol–water partition coefficient (Wildman–Crippen LogP) is 3.93. The van der Waals surface area contributed by atoms with Crippen LogP contribution < -0.4 is 15.5 Å². The van der Waals surface area contributed by atoms with Crippen molar-refractivity contribution in [2.45, 2.75) is 26.2 Å². The molecule has 3 rings (SSSR count). The summed E-state index contributed by atoms with van der Waals surface area (Å²) < 4.78 is 0. The molecule has 0 saturated carbocycles. The minimum Gasteiger partial charge on any atom is -0.385 e. The number of rotatable bonds is 7. The summed E-state index contributed by atoms with van der Waals surface area (Å²) in [5, 5.41) is 6.11. The van der Waals surface area contributed by atoms with Crippen molar-refractivity contribution in [1.82, 2.24) is 0 Å². The Hall–Kier alpha value is -2.82. The summed E-state index contributed by atoms with van der Waals surface area (Å²) in [6.45, 7) is 4.28. The van der Waals surface area contributed by atoms with Crippen LogP contribution in [0, 0.1) is 0 Å². The Bertz CT molecular complexity index is 765. The highest BCUT2D eigenvalue weighted by Crippen LogP contribution is 2.22. The third-order valence-corrected chi connectivity index (χ3v) is 4.57. The largest absolute Gasteiger partial charge is 0.385 e. The third kappa shape index (κ3) is 4.85. The predicted molar refractivity (Wildman–Crippen MR) is 106 cm³/mol. The van der Waals surface area contributed by atoms with E-state index >= 15 is 0 Å². The second kappa shape index (κ2) is 8.52. The first kappa shape index (κ1) is 18.0. The Balaban J connectivity index is 1.45. The summed E-state index contributed by atoms with van der Waals surface area (Å²) in [6.07, 6.45) is 2.86. The molecule has 0 aliphatic carbocycles. The van der Waals surface area contributed by atoms with Gasteiger partial charge in [-0.15, -0.1) is 0 Å². The van der Waals surface area contributed by atoms with Gasteiger partial charge in [0, 0.05) is 48.7 Å². The topological polar surface area (TPSA) is 61.4 Å². The minimum absolute atomic E-state index is 0.0313. The first-order chi connectivity index (χ1) is 12.6. The SMILES string of the molecule is CC(=O)c1cccc(NCCC(=O)Nc2ccc(N3CCCC3)cc2)c1. The molecular formula is C21H25N3O2. The highest BCUT2D eigenvalue weighted by Gasteiger charge is 2.12. The number of carbonyl (C=O) groups excluding carboxylic acids is 2. The lowest BCUT2D eigenvalue weighted by Crippen LogP contribution is -2.18. The number of carbonyl (C=O) groups is 2. The molecular weight excluding hydrogens is 326 g/mol. The summed E-state index contributed by atoms with van der Waals surface area (Å²) in [4.78, 5) is 25.9. The van der Waals surface area contributed by atoms with Gasteiger partial charge in [-0.3, -0.25) is 9.59 Å². The van der Waals surface area contributed by atoms with Crippen LogP contribution in [0.2, 0.25) is 0 Å². The van der Waals surface area contributed by atoms with Gasteiger partial charge >= 0.3 is 0 Å². The molecule has 5 heteroatoms. The maximum atomic E-state index is 12.1. The van der Waals surface area contributed by atoms with Gasteiger partial charge in [0.1, 0.15) is 0 Å². The average Bonchev–Trinajstić information content (AvgIpc) is 3.17. The maximum Gasteiger partial charge on any atom is 0.226 e. The van der Waals surface area contributed by atoms with E-state index < -0.39 is 0 Å². The van der Waals surface area contributed by atoms with Crippen molar-refractivity contribution in [1.29, 1.82) is 0 Å². The molecule has 1 amide bonds. The van der Waals surface area contributed by atoms with Gasteiger partial charge in [0.05, 0.1) is 0 Å². The molecule has 0 radical (unpaired) electrons. The average molecular weight is 351 g/mol. The van der Waals surface area contributed by atoms with Gasteiger partial charge < -0.3 is 15.5 Å². The zero-order chi connectivity index (χ0) is 18.4. The van der Waals surface area contributed by atoms with Gasteiger partial charge in [0.2, 0.25) is 5.91 Å². The van der Waals surface area contributed by atoms with Gasteiger partial charge in [-0.05, 0) is 56.2 Å². The summed E-state index contributed by atoms with van der Waals surface area (Å²) in [5.41, 5.74) is 3.54. The molecule has 0 atom stereocenters. The van der Waals surface area contributed by atoms with E-state index in [1.54, 1.807) is 19.1 Å². The molecule has 1 aliphatic rings. The highest BCUT2D eigenvalue weighted by molar-refractivity contribution is 5.95. The number of nitrogens with zero attached hydrogens (tertiary/aromatic N) is 1. The zero-order valence-electron chi connectivity index (χ0n) is 15.1. The summed E-state index contributed by atoms with van der Waals surface area (Å²) >= 11 is 0. The lowest BCUT2D eigenvalue weighted by atomic mass is 10.1. The van der Waals surface area contributed by atoms with Crippen molar-refractivity contribution in [3.63, 3.8) is 0 Å². The van der Waals surface area contributed by atoms with Crippen LogP contribution >= 0.6 is 0 Å². The molecule has 0 spiro atoms. The van der Waals surface area contributed by atoms with Gasteiger partial charge in [-0.25, -0.2) is 0 Å². The molecule has 2 aromatic rings. The van der Waals surface area contributed by atoms with E-state index in [0.717, 1.165) is 24.5 Å². The van der Waals surface area contributed by atoms with Crippen LogP contribution in [0.5, 0.6) is 0 Å². The molecule has 1 heterocycles. The molecule has 1 saturated heterocycles. The van der Waals surface area contributed by atoms with Crippen LogP contribution in [0.3, 0.4) is 0 Å². The fourth-order valence-electron chi connectivity index (χ4n) is 3.12. The Morgan fingerprint density at radius 3 is 2.42 bits per heavy atom. The lowest BCUT2D eigenvalue weighted by molar-refractivity contribution is -0.115. The first-order valence-electron chi connectivity index (χ1n) is 9.11. The van der Waals surface area contributed by atoms with Crippen LogP contribution in [0.25, 0.3) is 0 Å². The number of nitrogens with one attached hydrogen (secondary N) is 2. The van der Waals surface area contributed by atoms with Crippen molar-refractivity contribution in [2.24, 2.45) is 0 Å². The normalized spacial score (nSPS) is 13.5. The third-order valence-electron chi connectivity index (χ3n) is 4.57. The van der Waals surface area contributed by atoms with Gasteiger partial charge in [0.15, 0.2) is 5.78 Å². The van der Waals surface area contributed by atoms with E-state index in [1.807, 2.05) is 24.3 Å². The van der Waals surface area contributed by atoms with Crippen molar-refractivity contribution < 1.29 is 9.59 Å². The minimum atomic E-state index is -0.0332. The van der Waals surface area contributed by atoms with Crippen molar-refractivity contribution in [3.8, 4) is 0 Å². The second-order valence-corrected chi connectivity index (χ2v) is 6.60. The van der Waals surface area contributed by atoms with Gasteiger partial charge in [-0.2, -0.15) is 0 Å². The monoisotopic (exact) mass is 351 g/mol.